The Morgan fingerprint density at radius 2 is 1.93 bits per heavy atom. The summed E-state index contributed by atoms with van der Waals surface area (Å²) in [7, 11) is 0. The number of ether oxygens (including phenoxy) is 1. The van der Waals surface area contributed by atoms with E-state index in [-0.39, 0.29) is 30.0 Å². The van der Waals surface area contributed by atoms with Crippen LogP contribution in [0.4, 0.5) is 0 Å². The lowest BCUT2D eigenvalue weighted by molar-refractivity contribution is -0.133. The number of furan rings is 1. The van der Waals surface area contributed by atoms with Gasteiger partial charge in [-0.1, -0.05) is 24.3 Å². The van der Waals surface area contributed by atoms with Crippen LogP contribution in [0.2, 0.25) is 0 Å². The summed E-state index contributed by atoms with van der Waals surface area (Å²) in [6, 6.07) is 14.6. The topological polar surface area (TPSA) is 76.8 Å². The molecule has 1 aliphatic heterocycles. The van der Waals surface area contributed by atoms with E-state index in [0.29, 0.717) is 36.5 Å². The van der Waals surface area contributed by atoms with Gasteiger partial charge < -0.3 is 14.1 Å². The summed E-state index contributed by atoms with van der Waals surface area (Å²) < 4.78 is 12.1. The van der Waals surface area contributed by atoms with Crippen LogP contribution in [0.5, 0.6) is 5.75 Å². The molecule has 2 atom stereocenters. The Balaban J connectivity index is 1.40. The lowest BCUT2D eigenvalue weighted by Gasteiger charge is -2.29. The summed E-state index contributed by atoms with van der Waals surface area (Å²) in [5.74, 6) is 0.903. The molecule has 0 bridgehead atoms. The van der Waals surface area contributed by atoms with Crippen molar-refractivity contribution < 1.29 is 23.5 Å². The molecule has 1 aliphatic carbocycles. The Morgan fingerprint density at radius 3 is 2.73 bits per heavy atom. The highest BCUT2D eigenvalue weighted by atomic mass is 16.5. The number of benzene rings is 2. The number of fused-ring (bicyclic) bond motifs is 2. The van der Waals surface area contributed by atoms with Gasteiger partial charge in [-0.25, -0.2) is 0 Å². The third-order valence-electron chi connectivity index (χ3n) is 5.92. The van der Waals surface area contributed by atoms with Gasteiger partial charge in [0.2, 0.25) is 0 Å². The third kappa shape index (κ3) is 3.09. The number of hydrogen-bond acceptors (Lipinski definition) is 5. The number of ketones is 2. The molecule has 0 N–H and O–H groups in total. The van der Waals surface area contributed by atoms with Crippen molar-refractivity contribution in [2.45, 2.75) is 44.9 Å². The minimum atomic E-state index is -0.539. The lowest BCUT2D eigenvalue weighted by atomic mass is 9.92. The molecule has 152 valence electrons. The van der Waals surface area contributed by atoms with E-state index in [1.54, 1.807) is 17.0 Å². The first-order valence-corrected chi connectivity index (χ1v) is 10.1. The molecule has 2 aliphatic rings. The van der Waals surface area contributed by atoms with Crippen molar-refractivity contribution in [1.82, 2.24) is 4.90 Å². The van der Waals surface area contributed by atoms with E-state index in [4.69, 9.17) is 9.15 Å². The van der Waals surface area contributed by atoms with Crippen LogP contribution in [0.3, 0.4) is 0 Å². The molecule has 0 radical (unpaired) electrons. The Morgan fingerprint density at radius 1 is 1.10 bits per heavy atom. The van der Waals surface area contributed by atoms with Crippen LogP contribution in [0.1, 0.15) is 54.0 Å². The van der Waals surface area contributed by atoms with E-state index in [1.807, 2.05) is 43.3 Å². The normalized spacial score (nSPS) is 20.0. The predicted octanol–water partition coefficient (Wildman–Crippen LogP) is 4.22. The fourth-order valence-electron chi connectivity index (χ4n) is 4.33. The van der Waals surface area contributed by atoms with Gasteiger partial charge in [0.25, 0.3) is 5.91 Å². The highest BCUT2D eigenvalue weighted by Gasteiger charge is 2.40. The van der Waals surface area contributed by atoms with E-state index in [2.05, 4.69) is 0 Å². The van der Waals surface area contributed by atoms with Gasteiger partial charge in [-0.05, 0) is 37.6 Å². The molecular weight excluding hydrogens is 382 g/mol. The Kier molecular flexibility index (Phi) is 4.42. The van der Waals surface area contributed by atoms with Gasteiger partial charge in [0, 0.05) is 22.9 Å². The second-order valence-electron chi connectivity index (χ2n) is 7.90. The SMILES string of the molecule is CC(Oc1cccc2c1CN(C1CCC(=O)CC1=O)C2=O)c1cc2ccccc2o1. The van der Waals surface area contributed by atoms with Crippen molar-refractivity contribution in [2.75, 3.05) is 0 Å². The van der Waals surface area contributed by atoms with Gasteiger partial charge in [0.05, 0.1) is 19.0 Å². The maximum atomic E-state index is 13.0. The quantitative estimate of drug-likeness (QED) is 0.610. The second kappa shape index (κ2) is 7.13. The number of carbonyl (C=O) groups excluding carboxylic acids is 3. The fourth-order valence-corrected chi connectivity index (χ4v) is 4.33. The maximum Gasteiger partial charge on any atom is 0.255 e. The molecule has 2 unspecified atom stereocenters. The van der Waals surface area contributed by atoms with Crippen molar-refractivity contribution >= 4 is 28.4 Å². The summed E-state index contributed by atoms with van der Waals surface area (Å²) in [4.78, 5) is 38.5. The van der Waals surface area contributed by atoms with Gasteiger partial charge in [-0.3, -0.25) is 14.4 Å². The molecule has 1 amide bonds. The number of nitrogens with zero attached hydrogens (tertiary/aromatic N) is 1. The van der Waals surface area contributed by atoms with Gasteiger partial charge in [-0.15, -0.1) is 0 Å². The number of para-hydroxylation sites is 1. The van der Waals surface area contributed by atoms with Crippen LogP contribution in [0, 0.1) is 0 Å². The van der Waals surface area contributed by atoms with Gasteiger partial charge in [0.15, 0.2) is 11.9 Å². The van der Waals surface area contributed by atoms with Crippen LogP contribution < -0.4 is 4.74 Å². The zero-order valence-corrected chi connectivity index (χ0v) is 16.6. The highest BCUT2D eigenvalue weighted by Crippen LogP contribution is 2.36. The minimum Gasteiger partial charge on any atom is -0.482 e. The summed E-state index contributed by atoms with van der Waals surface area (Å²) in [5.41, 5.74) is 2.12. The van der Waals surface area contributed by atoms with Crippen LogP contribution in [-0.2, 0) is 16.1 Å². The summed E-state index contributed by atoms with van der Waals surface area (Å²) >= 11 is 0. The largest absolute Gasteiger partial charge is 0.482 e. The Hall–Kier alpha value is -3.41. The molecule has 1 saturated carbocycles. The number of Topliss-reactive ketones (excluding diaryl/α,β-unsaturated/α-hetero) is 2. The summed E-state index contributed by atoms with van der Waals surface area (Å²) in [6.07, 6.45) is 0.297. The number of amides is 1. The number of carbonyl (C=O) groups is 3. The first kappa shape index (κ1) is 18.6. The predicted molar refractivity (Wildman–Crippen MR) is 109 cm³/mol. The zero-order chi connectivity index (χ0) is 20.8. The smallest absolute Gasteiger partial charge is 0.255 e. The zero-order valence-electron chi connectivity index (χ0n) is 16.6. The molecule has 3 aromatic rings. The number of rotatable bonds is 4. The van der Waals surface area contributed by atoms with E-state index in [9.17, 15) is 14.4 Å². The van der Waals surface area contributed by atoms with Crippen LogP contribution >= 0.6 is 0 Å². The van der Waals surface area contributed by atoms with Gasteiger partial charge in [0.1, 0.15) is 22.9 Å². The molecule has 30 heavy (non-hydrogen) atoms. The van der Waals surface area contributed by atoms with Crippen molar-refractivity contribution in [3.05, 3.63) is 65.4 Å². The van der Waals surface area contributed by atoms with Crippen LogP contribution in [0.15, 0.2) is 52.9 Å². The molecular formula is C24H21NO5. The van der Waals surface area contributed by atoms with Crippen molar-refractivity contribution in [1.29, 1.82) is 0 Å². The monoisotopic (exact) mass is 403 g/mol. The first-order valence-electron chi connectivity index (χ1n) is 10.1. The Bertz CT molecular complexity index is 1140. The number of hydrogen-bond donors (Lipinski definition) is 0. The first-order chi connectivity index (χ1) is 14.5. The van der Waals surface area contributed by atoms with Crippen molar-refractivity contribution in [3.63, 3.8) is 0 Å². The molecule has 1 fully saturated rings. The fraction of sp³-hybridized carbons (Fsp3) is 0.292. The second-order valence-corrected chi connectivity index (χ2v) is 7.90. The van der Waals surface area contributed by atoms with Crippen molar-refractivity contribution in [2.24, 2.45) is 0 Å². The molecule has 2 heterocycles. The highest BCUT2D eigenvalue weighted by molar-refractivity contribution is 6.07. The van der Waals surface area contributed by atoms with Crippen LogP contribution in [-0.4, -0.2) is 28.4 Å². The van der Waals surface area contributed by atoms with E-state index < -0.39 is 6.04 Å². The van der Waals surface area contributed by atoms with E-state index in [1.165, 1.54) is 0 Å². The molecule has 6 heteroatoms. The van der Waals surface area contributed by atoms with E-state index >= 15 is 0 Å². The van der Waals surface area contributed by atoms with Gasteiger partial charge in [-0.2, -0.15) is 0 Å². The van der Waals surface area contributed by atoms with Crippen LogP contribution in [0.25, 0.3) is 11.0 Å². The van der Waals surface area contributed by atoms with Crippen molar-refractivity contribution in [3.8, 4) is 5.75 Å². The van der Waals surface area contributed by atoms with E-state index in [0.717, 1.165) is 16.5 Å². The Labute approximate surface area is 173 Å². The maximum absolute atomic E-state index is 13.0. The average Bonchev–Trinajstić information content (AvgIpc) is 3.31. The summed E-state index contributed by atoms with van der Waals surface area (Å²) in [5, 5.41) is 1.01. The lowest BCUT2D eigenvalue weighted by Crippen LogP contribution is -2.44. The average molecular weight is 403 g/mol. The third-order valence-corrected chi connectivity index (χ3v) is 5.92. The molecule has 2 aromatic carbocycles. The molecule has 5 rings (SSSR count). The molecule has 1 aromatic heterocycles. The molecule has 0 spiro atoms. The summed E-state index contributed by atoms with van der Waals surface area (Å²) in [6.45, 7) is 2.21. The molecule has 6 nitrogen and oxygen atoms in total. The molecule has 0 saturated heterocycles. The van der Waals surface area contributed by atoms with Gasteiger partial charge >= 0.3 is 0 Å². The standard InChI is InChI=1S/C24H21NO5/c1-14(23-11-15-5-2-3-7-21(15)30-23)29-22-8-4-6-17-18(22)13-25(24(17)28)19-10-9-16(26)12-20(19)27/h2-8,11,14,19H,9-10,12-13H2,1H3. The minimum absolute atomic E-state index is 0.0518.